The van der Waals surface area contributed by atoms with Crippen molar-refractivity contribution in [1.29, 1.82) is 0 Å². The molecule has 0 bridgehead atoms. The largest absolute Gasteiger partial charge is 0.380 e. The number of hydrogen-bond acceptors (Lipinski definition) is 2. The maximum atomic E-state index is 5.72. The topological polar surface area (TPSA) is 35.2 Å². The van der Waals surface area contributed by atoms with Crippen LogP contribution in [0.3, 0.4) is 0 Å². The lowest BCUT2D eigenvalue weighted by atomic mass is 9.62. The second-order valence-corrected chi connectivity index (χ2v) is 4.21. The highest BCUT2D eigenvalue weighted by Gasteiger charge is 2.48. The molecule has 1 heterocycles. The van der Waals surface area contributed by atoms with Gasteiger partial charge in [0.1, 0.15) is 0 Å². The maximum Gasteiger partial charge on any atom is 0.0550 e. The fourth-order valence-electron chi connectivity index (χ4n) is 1.64. The van der Waals surface area contributed by atoms with Crippen LogP contribution in [0.15, 0.2) is 0 Å². The van der Waals surface area contributed by atoms with Gasteiger partial charge in [-0.2, -0.15) is 0 Å². The van der Waals surface area contributed by atoms with E-state index in [0.29, 0.717) is 5.41 Å². The number of nitrogens with two attached hydrogens (primary N) is 1. The van der Waals surface area contributed by atoms with E-state index in [9.17, 15) is 0 Å². The van der Waals surface area contributed by atoms with Crippen LogP contribution in [-0.2, 0) is 4.74 Å². The van der Waals surface area contributed by atoms with Crippen molar-refractivity contribution >= 4 is 0 Å². The highest BCUT2D eigenvalue weighted by molar-refractivity contribution is 4.97. The Bertz CT molecular complexity index is 133. The molecular weight excluding hydrogens is 138 g/mol. The Morgan fingerprint density at radius 2 is 2.00 bits per heavy atom. The molecule has 0 spiro atoms. The van der Waals surface area contributed by atoms with Crippen LogP contribution in [0.5, 0.6) is 0 Å². The summed E-state index contributed by atoms with van der Waals surface area (Å²) in [6.07, 6.45) is 1.18. The average Bonchev–Trinajstić information content (AvgIpc) is 1.86. The van der Waals surface area contributed by atoms with E-state index in [4.69, 9.17) is 10.5 Å². The fraction of sp³-hybridized carbons (Fsp3) is 1.00. The predicted molar refractivity (Wildman–Crippen MR) is 46.4 cm³/mol. The van der Waals surface area contributed by atoms with Gasteiger partial charge in [-0.05, 0) is 18.4 Å². The minimum absolute atomic E-state index is 0.236. The van der Waals surface area contributed by atoms with Crippen molar-refractivity contribution in [2.75, 3.05) is 19.8 Å². The summed E-state index contributed by atoms with van der Waals surface area (Å²) in [6.45, 7) is 9.24. The second-order valence-electron chi connectivity index (χ2n) is 4.21. The van der Waals surface area contributed by atoms with E-state index in [1.165, 1.54) is 6.42 Å². The van der Waals surface area contributed by atoms with Gasteiger partial charge in [0, 0.05) is 5.41 Å². The first-order valence-corrected chi connectivity index (χ1v) is 4.36. The molecule has 1 fully saturated rings. The maximum absolute atomic E-state index is 5.72. The summed E-state index contributed by atoms with van der Waals surface area (Å²) in [6, 6.07) is 0. The molecule has 0 aromatic rings. The summed E-state index contributed by atoms with van der Waals surface area (Å²) in [7, 11) is 0. The highest BCUT2D eigenvalue weighted by atomic mass is 16.5. The number of ether oxygens (including phenoxy) is 1. The third-order valence-electron chi connectivity index (χ3n) is 3.38. The quantitative estimate of drug-likeness (QED) is 0.672. The Kier molecular flexibility index (Phi) is 2.26. The smallest absolute Gasteiger partial charge is 0.0550 e. The van der Waals surface area contributed by atoms with Gasteiger partial charge in [-0.15, -0.1) is 0 Å². The molecular formula is C9H19NO. The lowest BCUT2D eigenvalue weighted by molar-refractivity contribution is -0.174. The van der Waals surface area contributed by atoms with Crippen molar-refractivity contribution in [3.8, 4) is 0 Å². The van der Waals surface area contributed by atoms with Gasteiger partial charge in [0.2, 0.25) is 0 Å². The van der Waals surface area contributed by atoms with Crippen LogP contribution in [-0.4, -0.2) is 19.8 Å². The average molecular weight is 157 g/mol. The molecule has 0 aromatic carbocycles. The molecule has 2 heteroatoms. The Labute approximate surface area is 69.1 Å². The molecule has 0 unspecified atom stereocenters. The molecule has 1 rings (SSSR count). The molecule has 1 aliphatic heterocycles. The summed E-state index contributed by atoms with van der Waals surface area (Å²) in [5, 5.41) is 0. The molecule has 1 saturated heterocycles. The van der Waals surface area contributed by atoms with Gasteiger partial charge in [0.15, 0.2) is 0 Å². The third-order valence-corrected chi connectivity index (χ3v) is 3.38. The van der Waals surface area contributed by atoms with Gasteiger partial charge in [0.25, 0.3) is 0 Å². The molecule has 66 valence electrons. The van der Waals surface area contributed by atoms with Crippen molar-refractivity contribution < 1.29 is 4.74 Å². The van der Waals surface area contributed by atoms with Gasteiger partial charge in [0.05, 0.1) is 13.2 Å². The first kappa shape index (κ1) is 9.01. The van der Waals surface area contributed by atoms with Crippen LogP contribution in [0.4, 0.5) is 0 Å². The summed E-state index contributed by atoms with van der Waals surface area (Å²) in [5.41, 5.74) is 6.32. The van der Waals surface area contributed by atoms with E-state index in [0.717, 1.165) is 19.8 Å². The van der Waals surface area contributed by atoms with Gasteiger partial charge >= 0.3 is 0 Å². The fourth-order valence-corrected chi connectivity index (χ4v) is 1.64. The Balaban J connectivity index is 2.68. The van der Waals surface area contributed by atoms with Gasteiger partial charge < -0.3 is 10.5 Å². The molecule has 2 N–H and O–H groups in total. The lowest BCUT2D eigenvalue weighted by Gasteiger charge is -2.51. The Morgan fingerprint density at radius 1 is 1.45 bits per heavy atom. The number of rotatable bonds is 3. The van der Waals surface area contributed by atoms with E-state index < -0.39 is 0 Å². The summed E-state index contributed by atoms with van der Waals surface area (Å²) < 4.78 is 5.26. The molecule has 2 nitrogen and oxygen atoms in total. The van der Waals surface area contributed by atoms with E-state index in [-0.39, 0.29) is 5.41 Å². The molecule has 11 heavy (non-hydrogen) atoms. The van der Waals surface area contributed by atoms with Crippen LogP contribution in [0, 0.1) is 10.8 Å². The van der Waals surface area contributed by atoms with Crippen LogP contribution in [0.1, 0.15) is 27.2 Å². The van der Waals surface area contributed by atoms with E-state index >= 15 is 0 Å². The molecule has 0 atom stereocenters. The van der Waals surface area contributed by atoms with Crippen molar-refractivity contribution in [1.82, 2.24) is 0 Å². The van der Waals surface area contributed by atoms with Gasteiger partial charge in [-0.3, -0.25) is 0 Å². The highest BCUT2D eigenvalue weighted by Crippen LogP contribution is 2.46. The molecule has 1 aliphatic rings. The zero-order chi connectivity index (χ0) is 8.54. The van der Waals surface area contributed by atoms with Crippen molar-refractivity contribution in [2.24, 2.45) is 16.6 Å². The second kappa shape index (κ2) is 2.76. The molecule has 0 amide bonds. The first-order chi connectivity index (χ1) is 5.08. The van der Waals surface area contributed by atoms with Crippen LogP contribution >= 0.6 is 0 Å². The van der Waals surface area contributed by atoms with E-state index in [1.54, 1.807) is 0 Å². The van der Waals surface area contributed by atoms with Crippen LogP contribution in [0.25, 0.3) is 0 Å². The van der Waals surface area contributed by atoms with Crippen LogP contribution < -0.4 is 5.73 Å². The summed E-state index contributed by atoms with van der Waals surface area (Å²) in [4.78, 5) is 0. The predicted octanol–water partition coefficient (Wildman–Crippen LogP) is 1.40. The van der Waals surface area contributed by atoms with Crippen molar-refractivity contribution in [3.05, 3.63) is 0 Å². The Morgan fingerprint density at radius 3 is 2.09 bits per heavy atom. The lowest BCUT2D eigenvalue weighted by Crippen LogP contribution is -2.55. The van der Waals surface area contributed by atoms with E-state index in [2.05, 4.69) is 20.8 Å². The SMILES string of the molecule is CCC1(C(C)(C)CN)COC1. The zero-order valence-electron chi connectivity index (χ0n) is 7.81. The minimum atomic E-state index is 0.236. The van der Waals surface area contributed by atoms with Gasteiger partial charge in [-0.25, -0.2) is 0 Å². The molecule has 0 radical (unpaired) electrons. The molecule has 0 aromatic heterocycles. The number of hydrogen-bond donors (Lipinski definition) is 1. The summed E-state index contributed by atoms with van der Waals surface area (Å²) >= 11 is 0. The van der Waals surface area contributed by atoms with Gasteiger partial charge in [-0.1, -0.05) is 20.8 Å². The minimum Gasteiger partial charge on any atom is -0.380 e. The van der Waals surface area contributed by atoms with Crippen molar-refractivity contribution in [3.63, 3.8) is 0 Å². The molecule has 0 aliphatic carbocycles. The normalized spacial score (nSPS) is 22.9. The summed E-state index contributed by atoms with van der Waals surface area (Å²) in [5.74, 6) is 0. The van der Waals surface area contributed by atoms with Crippen molar-refractivity contribution in [2.45, 2.75) is 27.2 Å². The monoisotopic (exact) mass is 157 g/mol. The van der Waals surface area contributed by atoms with E-state index in [1.807, 2.05) is 0 Å². The first-order valence-electron chi connectivity index (χ1n) is 4.36. The van der Waals surface area contributed by atoms with Crippen LogP contribution in [0.2, 0.25) is 0 Å². The third kappa shape index (κ3) is 1.18. The standard InChI is InChI=1S/C9H19NO/c1-4-9(6-11-7-9)8(2,3)5-10/h4-7,10H2,1-3H3. The zero-order valence-corrected chi connectivity index (χ0v) is 7.81. The Hall–Kier alpha value is -0.0800. The molecule has 0 saturated carbocycles.